The number of benzene rings is 1. The quantitative estimate of drug-likeness (QED) is 0.541. The molecule has 1 atom stereocenters. The number of anilines is 1. The Hall–Kier alpha value is -2.87. The minimum Gasteiger partial charge on any atom is -0.325 e. The lowest BCUT2D eigenvalue weighted by Gasteiger charge is -2.20. The number of amides is 4. The molecule has 4 amide bonds. The zero-order valence-electron chi connectivity index (χ0n) is 16.1. The Bertz CT molecular complexity index is 948. The van der Waals surface area contributed by atoms with Crippen molar-refractivity contribution in [3.05, 3.63) is 54.2 Å². The van der Waals surface area contributed by atoms with Crippen LogP contribution in [0.15, 0.2) is 53.7 Å². The Morgan fingerprint density at radius 1 is 1.28 bits per heavy atom. The van der Waals surface area contributed by atoms with Crippen molar-refractivity contribution < 1.29 is 14.4 Å². The molecule has 1 aromatic heterocycles. The van der Waals surface area contributed by atoms with E-state index in [0.717, 1.165) is 28.3 Å². The summed E-state index contributed by atoms with van der Waals surface area (Å²) < 4.78 is 0. The molecule has 0 radical (unpaired) electrons. The molecule has 7 nitrogen and oxygen atoms in total. The SMILES string of the molecule is CC1(C2CC2)NC(=O)N(CC(=O)Nc2cccc(CSc3ccccn3)c2)C1=O. The lowest BCUT2D eigenvalue weighted by atomic mass is 9.96. The Morgan fingerprint density at radius 2 is 2.10 bits per heavy atom. The van der Waals surface area contributed by atoms with Gasteiger partial charge in [-0.3, -0.25) is 14.5 Å². The topological polar surface area (TPSA) is 91.4 Å². The van der Waals surface area contributed by atoms with E-state index >= 15 is 0 Å². The summed E-state index contributed by atoms with van der Waals surface area (Å²) in [5.74, 6) is 0.164. The minimum atomic E-state index is -0.875. The molecule has 1 aliphatic heterocycles. The zero-order valence-corrected chi connectivity index (χ0v) is 16.9. The first kappa shape index (κ1) is 19.4. The van der Waals surface area contributed by atoms with E-state index in [9.17, 15) is 14.4 Å². The number of thioether (sulfide) groups is 1. The number of carbonyl (C=O) groups is 3. The number of pyridine rings is 1. The van der Waals surface area contributed by atoms with E-state index in [2.05, 4.69) is 15.6 Å². The van der Waals surface area contributed by atoms with E-state index in [1.54, 1.807) is 30.9 Å². The second-order valence-corrected chi connectivity index (χ2v) is 8.50. The molecule has 0 spiro atoms. The van der Waals surface area contributed by atoms with Crippen molar-refractivity contribution >= 4 is 35.3 Å². The largest absolute Gasteiger partial charge is 0.325 e. The fraction of sp³-hybridized carbons (Fsp3) is 0.333. The summed E-state index contributed by atoms with van der Waals surface area (Å²) in [5.41, 5.74) is 0.792. The highest BCUT2D eigenvalue weighted by molar-refractivity contribution is 7.98. The van der Waals surface area contributed by atoms with Crippen LogP contribution in [0.5, 0.6) is 0 Å². The number of urea groups is 1. The van der Waals surface area contributed by atoms with Gasteiger partial charge >= 0.3 is 6.03 Å². The molecule has 2 heterocycles. The van der Waals surface area contributed by atoms with E-state index in [1.807, 2.05) is 36.4 Å². The highest BCUT2D eigenvalue weighted by atomic mass is 32.2. The molecule has 1 aromatic carbocycles. The van der Waals surface area contributed by atoms with Gasteiger partial charge in [0, 0.05) is 17.6 Å². The smallest absolute Gasteiger partial charge is 0.325 e. The maximum absolute atomic E-state index is 12.6. The molecule has 4 rings (SSSR count). The number of rotatable bonds is 7. The Labute approximate surface area is 173 Å². The predicted molar refractivity (Wildman–Crippen MR) is 110 cm³/mol. The summed E-state index contributed by atoms with van der Waals surface area (Å²) in [6.45, 7) is 1.45. The first-order valence-electron chi connectivity index (χ1n) is 9.52. The minimum absolute atomic E-state index is 0.167. The zero-order chi connectivity index (χ0) is 20.4. The van der Waals surface area contributed by atoms with Gasteiger partial charge in [-0.2, -0.15) is 0 Å². The predicted octanol–water partition coefficient (Wildman–Crippen LogP) is 3.03. The van der Waals surface area contributed by atoms with E-state index in [1.165, 1.54) is 0 Å². The molecule has 1 aliphatic carbocycles. The Morgan fingerprint density at radius 3 is 2.83 bits per heavy atom. The second-order valence-electron chi connectivity index (χ2n) is 7.50. The Balaban J connectivity index is 1.35. The van der Waals surface area contributed by atoms with Gasteiger partial charge in [-0.15, -0.1) is 11.8 Å². The van der Waals surface area contributed by atoms with Crippen LogP contribution in [0.3, 0.4) is 0 Å². The number of imide groups is 1. The van der Waals surface area contributed by atoms with Crippen molar-refractivity contribution in [3.8, 4) is 0 Å². The van der Waals surface area contributed by atoms with Crippen LogP contribution in [-0.4, -0.2) is 39.8 Å². The van der Waals surface area contributed by atoms with Gasteiger partial charge < -0.3 is 10.6 Å². The molecular formula is C21H22N4O3S. The number of aromatic nitrogens is 1. The third-order valence-electron chi connectivity index (χ3n) is 5.23. The van der Waals surface area contributed by atoms with Crippen LogP contribution in [0.2, 0.25) is 0 Å². The van der Waals surface area contributed by atoms with Gasteiger partial charge in [-0.1, -0.05) is 18.2 Å². The third kappa shape index (κ3) is 4.27. The molecule has 2 N–H and O–H groups in total. The maximum Gasteiger partial charge on any atom is 0.325 e. The molecular weight excluding hydrogens is 388 g/mol. The van der Waals surface area contributed by atoms with Crippen LogP contribution in [0.1, 0.15) is 25.3 Å². The van der Waals surface area contributed by atoms with Gasteiger partial charge in [-0.25, -0.2) is 9.78 Å². The average molecular weight is 410 g/mol. The van der Waals surface area contributed by atoms with Crippen LogP contribution in [-0.2, 0) is 15.3 Å². The lowest BCUT2D eigenvalue weighted by Crippen LogP contribution is -2.46. The number of nitrogens with zero attached hydrogens (tertiary/aromatic N) is 2. The van der Waals surface area contributed by atoms with Crippen LogP contribution in [0, 0.1) is 5.92 Å². The van der Waals surface area contributed by atoms with Gasteiger partial charge in [0.05, 0.1) is 5.03 Å². The van der Waals surface area contributed by atoms with Crippen molar-refractivity contribution in [2.75, 3.05) is 11.9 Å². The molecule has 8 heteroatoms. The monoisotopic (exact) mass is 410 g/mol. The highest BCUT2D eigenvalue weighted by Gasteiger charge is 2.56. The van der Waals surface area contributed by atoms with Crippen LogP contribution < -0.4 is 10.6 Å². The summed E-state index contributed by atoms with van der Waals surface area (Å²) >= 11 is 1.61. The molecule has 1 saturated carbocycles. The van der Waals surface area contributed by atoms with E-state index in [-0.39, 0.29) is 18.4 Å². The molecule has 29 heavy (non-hydrogen) atoms. The lowest BCUT2D eigenvalue weighted by molar-refractivity contribution is -0.134. The van der Waals surface area contributed by atoms with Crippen molar-refractivity contribution in [2.45, 2.75) is 36.1 Å². The molecule has 1 saturated heterocycles. The molecule has 2 aliphatic rings. The fourth-order valence-electron chi connectivity index (χ4n) is 3.47. The van der Waals surface area contributed by atoms with Gasteiger partial charge in [0.2, 0.25) is 5.91 Å². The molecule has 150 valence electrons. The molecule has 0 bridgehead atoms. The summed E-state index contributed by atoms with van der Waals surface area (Å²) in [7, 11) is 0. The van der Waals surface area contributed by atoms with Crippen molar-refractivity contribution in [3.63, 3.8) is 0 Å². The molecule has 1 unspecified atom stereocenters. The molecule has 2 aromatic rings. The van der Waals surface area contributed by atoms with Crippen LogP contribution in [0.4, 0.5) is 10.5 Å². The van der Waals surface area contributed by atoms with Crippen LogP contribution >= 0.6 is 11.8 Å². The maximum atomic E-state index is 12.6. The van der Waals surface area contributed by atoms with E-state index in [4.69, 9.17) is 0 Å². The summed E-state index contributed by atoms with van der Waals surface area (Å²) in [5, 5.41) is 6.46. The van der Waals surface area contributed by atoms with Gasteiger partial charge in [0.1, 0.15) is 12.1 Å². The highest BCUT2D eigenvalue weighted by Crippen LogP contribution is 2.42. The van der Waals surface area contributed by atoms with E-state index < -0.39 is 17.5 Å². The number of hydrogen-bond donors (Lipinski definition) is 2. The first-order valence-corrected chi connectivity index (χ1v) is 10.5. The number of nitrogens with one attached hydrogen (secondary N) is 2. The van der Waals surface area contributed by atoms with Crippen LogP contribution in [0.25, 0.3) is 0 Å². The molecule has 2 fully saturated rings. The summed E-state index contributed by atoms with van der Waals surface area (Å²) in [6, 6.07) is 12.8. The average Bonchev–Trinajstić information content (AvgIpc) is 3.54. The van der Waals surface area contributed by atoms with Gasteiger partial charge in [0.25, 0.3) is 5.91 Å². The first-order chi connectivity index (χ1) is 14.0. The summed E-state index contributed by atoms with van der Waals surface area (Å²) in [6.07, 6.45) is 3.60. The van der Waals surface area contributed by atoms with Gasteiger partial charge in [-0.05, 0) is 55.5 Å². The Kier molecular flexibility index (Phi) is 5.27. The van der Waals surface area contributed by atoms with Crippen molar-refractivity contribution in [2.24, 2.45) is 5.92 Å². The van der Waals surface area contributed by atoms with E-state index in [0.29, 0.717) is 11.4 Å². The summed E-state index contributed by atoms with van der Waals surface area (Å²) in [4.78, 5) is 42.6. The fourth-order valence-corrected chi connectivity index (χ4v) is 4.27. The normalized spacial score (nSPS) is 21.2. The number of hydrogen-bond acceptors (Lipinski definition) is 5. The third-order valence-corrected chi connectivity index (χ3v) is 6.25. The van der Waals surface area contributed by atoms with Crippen molar-refractivity contribution in [1.29, 1.82) is 0 Å². The van der Waals surface area contributed by atoms with Crippen molar-refractivity contribution in [1.82, 2.24) is 15.2 Å². The van der Waals surface area contributed by atoms with Gasteiger partial charge in [0.15, 0.2) is 0 Å². The second kappa shape index (κ2) is 7.87. The standard InChI is InChI=1S/C21H22N4O3S/c1-21(15-8-9-15)19(27)25(20(28)24-21)12-17(26)23-16-6-4-5-14(11-16)13-29-18-7-2-3-10-22-18/h2-7,10-11,15H,8-9,12-13H2,1H3,(H,23,26)(H,24,28). The number of carbonyl (C=O) groups excluding carboxylic acids is 3.